The fraction of sp³-hybridized carbons (Fsp3) is 0.389. The van der Waals surface area contributed by atoms with E-state index in [-0.39, 0.29) is 5.91 Å². The molecule has 0 unspecified atom stereocenters. The van der Waals surface area contributed by atoms with Crippen LogP contribution in [0.25, 0.3) is 10.9 Å². The number of amides is 1. The highest BCUT2D eigenvalue weighted by atomic mass is 35.5. The molecule has 0 atom stereocenters. The monoisotopic (exact) mass is 345 g/mol. The Bertz CT molecular complexity index is 769. The lowest BCUT2D eigenvalue weighted by molar-refractivity contribution is -0.896. The lowest BCUT2D eigenvalue weighted by Crippen LogP contribution is -3.13. The number of halogens is 1. The zero-order valence-corrected chi connectivity index (χ0v) is 14.6. The number of fused-ring (bicyclic) bond motifs is 1. The molecule has 0 spiro atoms. The van der Waals surface area contributed by atoms with Crippen LogP contribution < -0.4 is 10.3 Å². The molecule has 0 aliphatic carbocycles. The van der Waals surface area contributed by atoms with E-state index < -0.39 is 0 Å². The van der Waals surface area contributed by atoms with Crippen molar-refractivity contribution in [3.8, 4) is 0 Å². The van der Waals surface area contributed by atoms with Crippen LogP contribution in [-0.4, -0.2) is 36.7 Å². The van der Waals surface area contributed by atoms with Gasteiger partial charge in [-0.05, 0) is 43.9 Å². The summed E-state index contributed by atoms with van der Waals surface area (Å²) in [5.41, 5.74) is 5.27. The maximum absolute atomic E-state index is 11.9. The number of hydrogen-bond donors (Lipinski definition) is 2. The zero-order chi connectivity index (χ0) is 16.9. The van der Waals surface area contributed by atoms with Gasteiger partial charge in [0.05, 0.1) is 24.8 Å². The van der Waals surface area contributed by atoms with Gasteiger partial charge in [0, 0.05) is 10.9 Å². The maximum Gasteiger partial charge on any atom is 0.295 e. The number of quaternary nitrogens is 1. The molecule has 0 radical (unpaired) electrons. The second-order valence-corrected chi connectivity index (χ2v) is 6.70. The van der Waals surface area contributed by atoms with Gasteiger partial charge >= 0.3 is 0 Å². The first kappa shape index (κ1) is 16.9. The largest absolute Gasteiger partial charge is 0.327 e. The second-order valence-electron chi connectivity index (χ2n) is 6.35. The van der Waals surface area contributed by atoms with Crippen molar-refractivity contribution in [3.63, 3.8) is 0 Å². The summed E-state index contributed by atoms with van der Waals surface area (Å²) in [5.74, 6) is -0.0661. The summed E-state index contributed by atoms with van der Waals surface area (Å²) in [5, 5.41) is 5.41. The van der Waals surface area contributed by atoms with Crippen LogP contribution in [0.5, 0.6) is 0 Å². The number of piperidine rings is 1. The summed E-state index contributed by atoms with van der Waals surface area (Å²) in [6.45, 7) is 4.62. The third-order valence-electron chi connectivity index (χ3n) is 4.32. The number of hydrogen-bond acceptors (Lipinski definition) is 3. The third-order valence-corrected chi connectivity index (χ3v) is 4.62. The number of carbonyl (C=O) groups excluding carboxylic acids is 1. The molecule has 0 saturated carbocycles. The minimum Gasteiger partial charge on any atom is -0.327 e. The molecule has 6 heteroatoms. The quantitative estimate of drug-likeness (QED) is 0.503. The summed E-state index contributed by atoms with van der Waals surface area (Å²) < 4.78 is 0. The summed E-state index contributed by atoms with van der Waals surface area (Å²) in [4.78, 5) is 17.7. The van der Waals surface area contributed by atoms with E-state index in [2.05, 4.69) is 15.5 Å². The molecule has 2 heterocycles. The Balaban J connectivity index is 1.63. The number of rotatable bonds is 4. The van der Waals surface area contributed by atoms with E-state index in [4.69, 9.17) is 11.6 Å². The van der Waals surface area contributed by atoms with Crippen molar-refractivity contribution in [1.82, 2.24) is 10.4 Å². The minimum atomic E-state index is -0.0661. The number of carbonyl (C=O) groups is 1. The van der Waals surface area contributed by atoms with Crippen LogP contribution in [0.1, 0.15) is 30.4 Å². The standard InChI is InChI=1S/C18H21ClN4O/c1-13-5-6-14-10-15(18(19)21-16(14)9-13)11-20-22-17(24)12-23-7-3-2-4-8-23/h5-6,9-11H,2-4,7-8,12H2,1H3,(H,22,24)/p+1/b20-11-. The van der Waals surface area contributed by atoms with Gasteiger partial charge in [0.15, 0.2) is 6.54 Å². The van der Waals surface area contributed by atoms with E-state index >= 15 is 0 Å². The average Bonchev–Trinajstić information content (AvgIpc) is 2.56. The summed E-state index contributed by atoms with van der Waals surface area (Å²) >= 11 is 6.21. The fourth-order valence-electron chi connectivity index (χ4n) is 3.03. The molecule has 5 nitrogen and oxygen atoms in total. The second kappa shape index (κ2) is 7.73. The first-order chi connectivity index (χ1) is 11.6. The summed E-state index contributed by atoms with van der Waals surface area (Å²) in [7, 11) is 0. The highest BCUT2D eigenvalue weighted by Crippen LogP contribution is 2.20. The van der Waals surface area contributed by atoms with Gasteiger partial charge in [-0.2, -0.15) is 5.10 Å². The zero-order valence-electron chi connectivity index (χ0n) is 13.8. The van der Waals surface area contributed by atoms with E-state index in [1.54, 1.807) is 6.21 Å². The Labute approximate surface area is 146 Å². The molecule has 2 N–H and O–H groups in total. The number of nitrogens with zero attached hydrogens (tertiary/aromatic N) is 2. The number of benzene rings is 1. The molecular formula is C18H22ClN4O+. The number of likely N-dealkylation sites (tertiary alicyclic amines) is 1. The Hall–Kier alpha value is -1.98. The Kier molecular flexibility index (Phi) is 5.43. The van der Waals surface area contributed by atoms with Crippen molar-refractivity contribution in [2.45, 2.75) is 26.2 Å². The van der Waals surface area contributed by atoms with Crippen LogP contribution in [0.15, 0.2) is 29.4 Å². The van der Waals surface area contributed by atoms with Crippen LogP contribution in [0, 0.1) is 6.92 Å². The topological polar surface area (TPSA) is 58.8 Å². The molecule has 0 bridgehead atoms. The van der Waals surface area contributed by atoms with Gasteiger partial charge in [-0.25, -0.2) is 10.4 Å². The summed E-state index contributed by atoms with van der Waals surface area (Å²) in [6, 6.07) is 7.95. The van der Waals surface area contributed by atoms with Gasteiger partial charge in [-0.3, -0.25) is 4.79 Å². The lowest BCUT2D eigenvalue weighted by atomic mass is 10.1. The number of aryl methyl sites for hydroxylation is 1. The first-order valence-corrected chi connectivity index (χ1v) is 8.72. The maximum atomic E-state index is 11.9. The normalized spacial score (nSPS) is 15.9. The van der Waals surface area contributed by atoms with Crippen LogP contribution in [0.2, 0.25) is 5.15 Å². The highest BCUT2D eigenvalue weighted by Gasteiger charge is 2.16. The molecule has 3 rings (SSSR count). The van der Waals surface area contributed by atoms with Gasteiger partial charge in [0.1, 0.15) is 5.15 Å². The number of aromatic nitrogens is 1. The Morgan fingerprint density at radius 2 is 2.12 bits per heavy atom. The van der Waals surface area contributed by atoms with Crippen molar-refractivity contribution in [2.75, 3.05) is 19.6 Å². The summed E-state index contributed by atoms with van der Waals surface area (Å²) in [6.07, 6.45) is 5.22. The third kappa shape index (κ3) is 4.30. The van der Waals surface area contributed by atoms with Crippen LogP contribution in [0.3, 0.4) is 0 Å². The Morgan fingerprint density at radius 3 is 2.92 bits per heavy atom. The van der Waals surface area contributed by atoms with E-state index in [0.717, 1.165) is 29.6 Å². The molecule has 1 fully saturated rings. The molecular weight excluding hydrogens is 324 g/mol. The lowest BCUT2D eigenvalue weighted by Gasteiger charge is -2.22. The molecule has 1 aromatic heterocycles. The first-order valence-electron chi connectivity index (χ1n) is 8.34. The highest BCUT2D eigenvalue weighted by molar-refractivity contribution is 6.32. The van der Waals surface area contributed by atoms with Crippen molar-refractivity contribution in [3.05, 3.63) is 40.5 Å². The average molecular weight is 346 g/mol. The van der Waals surface area contributed by atoms with Gasteiger partial charge < -0.3 is 4.90 Å². The van der Waals surface area contributed by atoms with Crippen LogP contribution in [-0.2, 0) is 4.79 Å². The van der Waals surface area contributed by atoms with Gasteiger partial charge in [-0.1, -0.05) is 23.7 Å². The van der Waals surface area contributed by atoms with Crippen molar-refractivity contribution in [2.24, 2.45) is 5.10 Å². The fourth-order valence-corrected chi connectivity index (χ4v) is 3.22. The minimum absolute atomic E-state index is 0.0661. The predicted molar refractivity (Wildman–Crippen MR) is 96.6 cm³/mol. The molecule has 24 heavy (non-hydrogen) atoms. The van der Waals surface area contributed by atoms with E-state index in [9.17, 15) is 4.79 Å². The molecule has 1 aliphatic rings. The molecule has 2 aromatic rings. The van der Waals surface area contributed by atoms with Crippen molar-refractivity contribution < 1.29 is 9.69 Å². The molecule has 1 aliphatic heterocycles. The van der Waals surface area contributed by atoms with Crippen LogP contribution >= 0.6 is 11.6 Å². The number of nitrogens with one attached hydrogen (secondary N) is 2. The molecule has 1 aromatic carbocycles. The van der Waals surface area contributed by atoms with E-state index in [1.165, 1.54) is 24.2 Å². The van der Waals surface area contributed by atoms with Crippen molar-refractivity contribution >= 4 is 34.6 Å². The molecule has 126 valence electrons. The number of pyridine rings is 1. The van der Waals surface area contributed by atoms with E-state index in [0.29, 0.717) is 17.3 Å². The predicted octanol–water partition coefficient (Wildman–Crippen LogP) is 1.72. The van der Waals surface area contributed by atoms with Crippen LogP contribution in [0.4, 0.5) is 0 Å². The SMILES string of the molecule is Cc1ccc2cc(/C=N\NC(=O)C[NH+]3CCCCC3)c(Cl)nc2c1. The molecule has 1 saturated heterocycles. The van der Waals surface area contributed by atoms with Gasteiger partial charge in [-0.15, -0.1) is 0 Å². The van der Waals surface area contributed by atoms with Gasteiger partial charge in [0.25, 0.3) is 5.91 Å². The van der Waals surface area contributed by atoms with Gasteiger partial charge in [0.2, 0.25) is 0 Å². The van der Waals surface area contributed by atoms with Crippen molar-refractivity contribution in [1.29, 1.82) is 0 Å². The van der Waals surface area contributed by atoms with E-state index in [1.807, 2.05) is 31.2 Å². The Morgan fingerprint density at radius 1 is 1.33 bits per heavy atom. The smallest absolute Gasteiger partial charge is 0.295 e. The number of hydrazone groups is 1. The molecule has 1 amide bonds.